The third-order valence-corrected chi connectivity index (χ3v) is 7.03. The van der Waals surface area contributed by atoms with E-state index in [1.165, 1.54) is 0 Å². The lowest BCUT2D eigenvalue weighted by atomic mass is 9.95. The first kappa shape index (κ1) is 23.8. The minimum Gasteiger partial charge on any atom is -0.480 e. The van der Waals surface area contributed by atoms with Crippen LogP contribution in [-0.4, -0.2) is 41.3 Å². The lowest BCUT2D eigenvalue weighted by Gasteiger charge is -2.30. The van der Waals surface area contributed by atoms with E-state index in [-0.39, 0.29) is 12.5 Å². The van der Waals surface area contributed by atoms with Crippen LogP contribution >= 0.6 is 0 Å². The second-order valence-electron chi connectivity index (χ2n) is 9.25. The number of nitrogens with one attached hydrogen (secondary N) is 2. The third-order valence-electron chi connectivity index (χ3n) is 7.03. The maximum Gasteiger partial charge on any atom is 0.408 e. The van der Waals surface area contributed by atoms with Gasteiger partial charge >= 0.3 is 12.1 Å². The van der Waals surface area contributed by atoms with E-state index in [1.54, 1.807) is 0 Å². The third kappa shape index (κ3) is 4.79. The molecule has 0 aliphatic heterocycles. The number of carboxylic acid groups (broad SMARTS) is 1. The number of benzene rings is 2. The smallest absolute Gasteiger partial charge is 0.408 e. The molecule has 1 unspecified atom stereocenters. The molecule has 2 aliphatic rings. The average Bonchev–Trinajstić information content (AvgIpc) is 3.43. The number of aliphatic carboxylic acids is 1. The number of hydrogen-bond donors (Lipinski definition) is 3. The number of ether oxygens (including phenoxy) is 1. The number of rotatable bonds is 9. The fourth-order valence-corrected chi connectivity index (χ4v) is 5.18. The van der Waals surface area contributed by atoms with Crippen molar-refractivity contribution in [3.8, 4) is 11.1 Å². The van der Waals surface area contributed by atoms with E-state index in [9.17, 15) is 19.5 Å². The highest BCUT2D eigenvalue weighted by atomic mass is 16.5. The van der Waals surface area contributed by atoms with Crippen molar-refractivity contribution in [1.29, 1.82) is 0 Å². The zero-order valence-electron chi connectivity index (χ0n) is 19.5. The van der Waals surface area contributed by atoms with E-state index in [4.69, 9.17) is 4.74 Å². The lowest BCUT2D eigenvalue weighted by Crippen LogP contribution is -2.60. The van der Waals surface area contributed by atoms with E-state index in [1.807, 2.05) is 31.2 Å². The number of carboxylic acids is 1. The Morgan fingerprint density at radius 3 is 2.18 bits per heavy atom. The molecule has 180 valence electrons. The van der Waals surface area contributed by atoms with Crippen molar-refractivity contribution in [3.05, 3.63) is 59.7 Å². The number of amides is 2. The number of fused-ring (bicyclic) bond motifs is 3. The first-order valence-corrected chi connectivity index (χ1v) is 12.1. The summed E-state index contributed by atoms with van der Waals surface area (Å²) in [5.74, 6) is -1.57. The molecule has 7 nitrogen and oxygen atoms in total. The Morgan fingerprint density at radius 2 is 1.62 bits per heavy atom. The van der Waals surface area contributed by atoms with E-state index in [2.05, 4.69) is 34.9 Å². The molecule has 2 aromatic rings. The molecule has 0 spiro atoms. The molecule has 4 rings (SSSR count). The number of carbonyl (C=O) groups excluding carboxylic acids is 2. The zero-order valence-corrected chi connectivity index (χ0v) is 19.5. The summed E-state index contributed by atoms with van der Waals surface area (Å²) in [6, 6.07) is 15.2. The first-order chi connectivity index (χ1) is 16.4. The number of carbonyl (C=O) groups is 3. The molecular weight excluding hydrogens is 432 g/mol. The summed E-state index contributed by atoms with van der Waals surface area (Å²) in [5, 5.41) is 14.9. The van der Waals surface area contributed by atoms with Gasteiger partial charge in [0.15, 0.2) is 0 Å². The van der Waals surface area contributed by atoms with Gasteiger partial charge in [-0.2, -0.15) is 0 Å². The summed E-state index contributed by atoms with van der Waals surface area (Å²) < 4.78 is 5.65. The Bertz CT molecular complexity index is 1010. The highest BCUT2D eigenvalue weighted by Gasteiger charge is 2.44. The van der Waals surface area contributed by atoms with Crippen molar-refractivity contribution in [3.63, 3.8) is 0 Å². The maximum absolute atomic E-state index is 13.1. The minimum atomic E-state index is -1.14. The van der Waals surface area contributed by atoms with Gasteiger partial charge in [0.1, 0.15) is 18.2 Å². The Hall–Kier alpha value is -3.35. The molecule has 1 saturated carbocycles. The first-order valence-electron chi connectivity index (χ1n) is 12.1. The molecule has 1 atom stereocenters. The van der Waals surface area contributed by atoms with Crippen LogP contribution in [0, 0.1) is 0 Å². The Kier molecular flexibility index (Phi) is 7.20. The highest BCUT2D eigenvalue weighted by molar-refractivity contribution is 5.93. The summed E-state index contributed by atoms with van der Waals surface area (Å²) in [6.45, 7) is 2.13. The Morgan fingerprint density at radius 1 is 1.03 bits per heavy atom. The molecular formula is C27H32N2O5. The van der Waals surface area contributed by atoms with Crippen LogP contribution in [0.15, 0.2) is 48.5 Å². The summed E-state index contributed by atoms with van der Waals surface area (Å²) in [4.78, 5) is 37.6. The van der Waals surface area contributed by atoms with Crippen LogP contribution in [0.5, 0.6) is 0 Å². The molecule has 2 aromatic carbocycles. The molecule has 2 aliphatic carbocycles. The van der Waals surface area contributed by atoms with Crippen molar-refractivity contribution < 1.29 is 24.2 Å². The molecule has 2 amide bonds. The van der Waals surface area contributed by atoms with E-state index >= 15 is 0 Å². The predicted octanol–water partition coefficient (Wildman–Crippen LogP) is 4.60. The standard InChI is InChI=1S/C27H32N2O5/c1-2-3-14-23(24(30)31)28-25(32)27(15-8-9-16-27)29-26(33)34-17-22-20-12-6-4-10-18(20)19-11-5-7-13-21(19)22/h4-7,10-13,22-23H,2-3,8-9,14-17H2,1H3,(H,28,32)(H,29,33)(H,30,31). The number of hydrogen-bond acceptors (Lipinski definition) is 4. The monoisotopic (exact) mass is 464 g/mol. The van der Waals surface area contributed by atoms with Crippen molar-refractivity contribution in [2.75, 3.05) is 6.61 Å². The second kappa shape index (κ2) is 10.3. The van der Waals surface area contributed by atoms with E-state index in [0.29, 0.717) is 25.7 Å². The van der Waals surface area contributed by atoms with Gasteiger partial charge in [0.05, 0.1) is 0 Å². The maximum atomic E-state index is 13.1. The number of alkyl carbamates (subject to hydrolysis) is 1. The van der Waals surface area contributed by atoms with Crippen LogP contribution in [-0.2, 0) is 14.3 Å². The Balaban J connectivity index is 1.43. The van der Waals surface area contributed by atoms with Crippen LogP contribution in [0.25, 0.3) is 11.1 Å². The van der Waals surface area contributed by atoms with Gasteiger partial charge in [0, 0.05) is 5.92 Å². The van der Waals surface area contributed by atoms with Crippen LogP contribution in [0.4, 0.5) is 4.79 Å². The van der Waals surface area contributed by atoms with Gasteiger partial charge in [0.25, 0.3) is 0 Å². The summed E-state index contributed by atoms with van der Waals surface area (Å²) in [5.41, 5.74) is 3.38. The van der Waals surface area contributed by atoms with Crippen LogP contribution in [0.1, 0.15) is 68.9 Å². The van der Waals surface area contributed by atoms with Gasteiger partial charge in [-0.3, -0.25) is 4.79 Å². The molecule has 34 heavy (non-hydrogen) atoms. The zero-order chi connectivity index (χ0) is 24.1. The van der Waals surface area contributed by atoms with Crippen molar-refractivity contribution in [1.82, 2.24) is 10.6 Å². The topological polar surface area (TPSA) is 105 Å². The normalized spacial score (nSPS) is 16.9. The molecule has 0 saturated heterocycles. The largest absolute Gasteiger partial charge is 0.480 e. The van der Waals surface area contributed by atoms with E-state index in [0.717, 1.165) is 41.5 Å². The summed E-state index contributed by atoms with van der Waals surface area (Å²) in [7, 11) is 0. The number of unbranched alkanes of at least 4 members (excludes halogenated alkanes) is 1. The Labute approximate surface area is 199 Å². The van der Waals surface area contributed by atoms with Crippen LogP contribution < -0.4 is 10.6 Å². The predicted molar refractivity (Wildman–Crippen MR) is 128 cm³/mol. The molecule has 3 N–H and O–H groups in total. The van der Waals surface area contributed by atoms with E-state index < -0.39 is 29.6 Å². The fourth-order valence-electron chi connectivity index (χ4n) is 5.18. The minimum absolute atomic E-state index is 0.0723. The van der Waals surface area contributed by atoms with Crippen molar-refractivity contribution in [2.24, 2.45) is 0 Å². The van der Waals surface area contributed by atoms with Crippen molar-refractivity contribution >= 4 is 18.0 Å². The lowest BCUT2D eigenvalue weighted by molar-refractivity contribution is -0.143. The van der Waals surface area contributed by atoms with Gasteiger partial charge in [-0.15, -0.1) is 0 Å². The fraction of sp³-hybridized carbons (Fsp3) is 0.444. The van der Waals surface area contributed by atoms with Gasteiger partial charge in [-0.25, -0.2) is 9.59 Å². The van der Waals surface area contributed by atoms with Gasteiger partial charge < -0.3 is 20.5 Å². The molecule has 0 bridgehead atoms. The van der Waals surface area contributed by atoms with Gasteiger partial charge in [-0.1, -0.05) is 81.1 Å². The quantitative estimate of drug-likeness (QED) is 0.503. The van der Waals surface area contributed by atoms with Gasteiger partial charge in [-0.05, 0) is 41.5 Å². The second-order valence-corrected chi connectivity index (χ2v) is 9.25. The summed E-state index contributed by atoms with van der Waals surface area (Å²) in [6.07, 6.45) is 3.73. The molecule has 0 heterocycles. The van der Waals surface area contributed by atoms with Crippen LogP contribution in [0.2, 0.25) is 0 Å². The molecule has 0 aromatic heterocycles. The summed E-state index contributed by atoms with van der Waals surface area (Å²) >= 11 is 0. The van der Waals surface area contributed by atoms with Crippen molar-refractivity contribution in [2.45, 2.75) is 69.4 Å². The SMILES string of the molecule is CCCCC(NC(=O)C1(NC(=O)OCC2c3ccccc3-c3ccccc32)CCCC1)C(=O)O. The molecule has 7 heteroatoms. The van der Waals surface area contributed by atoms with Gasteiger partial charge in [0.2, 0.25) is 5.91 Å². The molecule has 0 radical (unpaired) electrons. The highest BCUT2D eigenvalue weighted by Crippen LogP contribution is 2.44. The molecule has 1 fully saturated rings. The average molecular weight is 465 g/mol. The van der Waals surface area contributed by atoms with Crippen LogP contribution in [0.3, 0.4) is 0 Å².